The molecule has 1 heterocycles. The maximum absolute atomic E-state index is 2.91. The van der Waals surface area contributed by atoms with Crippen molar-refractivity contribution in [2.75, 3.05) is 7.05 Å². The Balaban J connectivity index is 0.000000490. The lowest BCUT2D eigenvalue weighted by Crippen LogP contribution is -3.00. The van der Waals surface area contributed by atoms with Crippen molar-refractivity contribution in [3.63, 3.8) is 0 Å². The highest BCUT2D eigenvalue weighted by atomic mass is 127. The van der Waals surface area contributed by atoms with Crippen molar-refractivity contribution in [1.29, 1.82) is 0 Å². The van der Waals surface area contributed by atoms with Gasteiger partial charge in [-0.1, -0.05) is 0 Å². The van der Waals surface area contributed by atoms with Crippen LogP contribution >= 0.6 is 0 Å². The van der Waals surface area contributed by atoms with Crippen molar-refractivity contribution in [3.05, 3.63) is 24.8 Å². The van der Waals surface area contributed by atoms with Crippen LogP contribution in [0.15, 0.2) is 24.8 Å². The van der Waals surface area contributed by atoms with Crippen LogP contribution in [0.2, 0.25) is 0 Å². The first-order valence-corrected chi connectivity index (χ1v) is 2.21. The average molecular weight is 223 g/mol. The molecular weight excluding hydrogens is 215 g/mol. The van der Waals surface area contributed by atoms with Crippen LogP contribution in [0.25, 0.3) is 0 Å². The monoisotopic (exact) mass is 223 g/mol. The molecule has 1 aliphatic heterocycles. The van der Waals surface area contributed by atoms with E-state index >= 15 is 0 Å². The molecule has 0 saturated carbocycles. The van der Waals surface area contributed by atoms with Crippen LogP contribution in [0, 0.1) is 0 Å². The van der Waals surface area contributed by atoms with Crippen molar-refractivity contribution in [2.45, 2.75) is 0 Å². The predicted octanol–water partition coefficient (Wildman–Crippen LogP) is -2.53. The molecule has 3 heteroatoms. The summed E-state index contributed by atoms with van der Waals surface area (Å²) in [6.07, 6.45) is 7.64. The van der Waals surface area contributed by atoms with E-state index in [2.05, 4.69) is 5.32 Å². The maximum Gasteiger partial charge on any atom is 0.0192 e. The summed E-state index contributed by atoms with van der Waals surface area (Å²) in [5.74, 6) is 0. The van der Waals surface area contributed by atoms with E-state index in [1.165, 1.54) is 0 Å². The fourth-order valence-corrected chi connectivity index (χ4v) is 0.426. The fourth-order valence-electron chi connectivity index (χ4n) is 0.426. The molecule has 0 atom stereocenters. The molecule has 1 aliphatic rings. The van der Waals surface area contributed by atoms with Gasteiger partial charge in [-0.05, 0) is 0 Å². The Labute approximate surface area is 66.3 Å². The minimum atomic E-state index is 0. The Kier molecular flexibility index (Phi) is 3.68. The third-order valence-corrected chi connectivity index (χ3v) is 0.812. The molecule has 46 valence electrons. The molecular formula is C5H8IN2-. The van der Waals surface area contributed by atoms with Gasteiger partial charge in [0.1, 0.15) is 0 Å². The molecule has 0 aliphatic carbocycles. The van der Waals surface area contributed by atoms with E-state index in [4.69, 9.17) is 0 Å². The largest absolute Gasteiger partial charge is 1.00 e. The second-order valence-electron chi connectivity index (χ2n) is 1.46. The first kappa shape index (κ1) is 7.81. The summed E-state index contributed by atoms with van der Waals surface area (Å²) < 4.78 is 0. The van der Waals surface area contributed by atoms with Crippen LogP contribution in [0.1, 0.15) is 0 Å². The molecule has 1 rings (SSSR count). The molecule has 0 aromatic carbocycles. The predicted molar refractivity (Wildman–Crippen MR) is 29.2 cm³/mol. The molecule has 0 fully saturated rings. The van der Waals surface area contributed by atoms with Gasteiger partial charge >= 0.3 is 0 Å². The molecule has 0 amide bonds. The topological polar surface area (TPSA) is 15.3 Å². The lowest BCUT2D eigenvalue weighted by molar-refractivity contribution is -0.00000150. The van der Waals surface area contributed by atoms with E-state index in [1.807, 2.05) is 36.7 Å². The molecule has 0 unspecified atom stereocenters. The quantitative estimate of drug-likeness (QED) is 0.455. The van der Waals surface area contributed by atoms with Crippen molar-refractivity contribution in [3.8, 4) is 0 Å². The number of nitrogens with zero attached hydrogens (tertiary/aromatic N) is 1. The molecule has 0 aromatic heterocycles. The van der Waals surface area contributed by atoms with Crippen LogP contribution in [-0.4, -0.2) is 11.9 Å². The van der Waals surface area contributed by atoms with Gasteiger partial charge in [0.2, 0.25) is 0 Å². The first-order chi connectivity index (χ1) is 3.39. The van der Waals surface area contributed by atoms with Crippen LogP contribution in [0.5, 0.6) is 0 Å². The van der Waals surface area contributed by atoms with Crippen LogP contribution in [0.3, 0.4) is 0 Å². The Morgan fingerprint density at radius 2 is 1.75 bits per heavy atom. The molecule has 1 N–H and O–H groups in total. The van der Waals surface area contributed by atoms with Crippen LogP contribution < -0.4 is 29.3 Å². The summed E-state index contributed by atoms with van der Waals surface area (Å²) in [5.41, 5.74) is 0. The average Bonchev–Trinajstić information content (AvgIpc) is 1.69. The maximum atomic E-state index is 2.91. The third-order valence-electron chi connectivity index (χ3n) is 0.812. The van der Waals surface area contributed by atoms with Crippen molar-refractivity contribution in [2.24, 2.45) is 0 Å². The van der Waals surface area contributed by atoms with Gasteiger partial charge in [-0.25, -0.2) is 0 Å². The minimum absolute atomic E-state index is 0. The SMILES string of the molecule is CN1C=CNC=C1.[I-]. The number of hydrogen-bond acceptors (Lipinski definition) is 2. The highest BCUT2D eigenvalue weighted by Crippen LogP contribution is 1.87. The van der Waals surface area contributed by atoms with E-state index in [0.717, 1.165) is 0 Å². The van der Waals surface area contributed by atoms with Crippen molar-refractivity contribution < 1.29 is 24.0 Å². The van der Waals surface area contributed by atoms with Crippen molar-refractivity contribution in [1.82, 2.24) is 10.2 Å². The van der Waals surface area contributed by atoms with Crippen LogP contribution in [0.4, 0.5) is 0 Å². The second kappa shape index (κ2) is 3.77. The lowest BCUT2D eigenvalue weighted by atomic mass is 10.6. The van der Waals surface area contributed by atoms with E-state index in [9.17, 15) is 0 Å². The zero-order chi connectivity index (χ0) is 5.11. The van der Waals surface area contributed by atoms with E-state index in [1.54, 1.807) is 0 Å². The Morgan fingerprint density at radius 1 is 1.25 bits per heavy atom. The summed E-state index contributed by atoms with van der Waals surface area (Å²) in [7, 11) is 1.98. The van der Waals surface area contributed by atoms with Gasteiger partial charge in [0.15, 0.2) is 0 Å². The zero-order valence-electron chi connectivity index (χ0n) is 4.63. The lowest BCUT2D eigenvalue weighted by Gasteiger charge is -2.09. The minimum Gasteiger partial charge on any atom is -1.00 e. The summed E-state index contributed by atoms with van der Waals surface area (Å²) in [5, 5.41) is 2.91. The van der Waals surface area contributed by atoms with E-state index in [-0.39, 0.29) is 24.0 Å². The Hall–Kier alpha value is -0.190. The van der Waals surface area contributed by atoms with Crippen LogP contribution in [-0.2, 0) is 0 Å². The van der Waals surface area contributed by atoms with Gasteiger partial charge in [0.05, 0.1) is 0 Å². The Bertz CT molecular complexity index is 97.0. The molecule has 2 nitrogen and oxygen atoms in total. The summed E-state index contributed by atoms with van der Waals surface area (Å²) in [6, 6.07) is 0. The summed E-state index contributed by atoms with van der Waals surface area (Å²) in [4.78, 5) is 1.97. The van der Waals surface area contributed by atoms with Gasteiger partial charge in [0.25, 0.3) is 0 Å². The fraction of sp³-hybridized carbons (Fsp3) is 0.200. The van der Waals surface area contributed by atoms with E-state index in [0.29, 0.717) is 0 Å². The van der Waals surface area contributed by atoms with Crippen molar-refractivity contribution >= 4 is 0 Å². The second-order valence-corrected chi connectivity index (χ2v) is 1.46. The Morgan fingerprint density at radius 3 is 2.00 bits per heavy atom. The van der Waals surface area contributed by atoms with Gasteiger partial charge in [-0.3, -0.25) is 0 Å². The number of nitrogens with one attached hydrogen (secondary N) is 1. The first-order valence-electron chi connectivity index (χ1n) is 2.21. The smallest absolute Gasteiger partial charge is 0.0192 e. The molecule has 8 heavy (non-hydrogen) atoms. The van der Waals surface area contributed by atoms with Gasteiger partial charge in [-0.15, -0.1) is 0 Å². The molecule has 0 aromatic rings. The van der Waals surface area contributed by atoms with Gasteiger partial charge in [0, 0.05) is 31.8 Å². The number of halogens is 1. The normalized spacial score (nSPS) is 14.9. The van der Waals surface area contributed by atoms with E-state index < -0.39 is 0 Å². The molecule has 0 radical (unpaired) electrons. The highest BCUT2D eigenvalue weighted by molar-refractivity contribution is 4.96. The summed E-state index contributed by atoms with van der Waals surface area (Å²) >= 11 is 0. The molecule has 0 saturated heterocycles. The molecule has 0 spiro atoms. The zero-order valence-corrected chi connectivity index (χ0v) is 6.79. The van der Waals surface area contributed by atoms with Gasteiger partial charge < -0.3 is 34.2 Å². The number of hydrogen-bond donors (Lipinski definition) is 1. The number of rotatable bonds is 0. The third kappa shape index (κ3) is 2.20. The summed E-state index contributed by atoms with van der Waals surface area (Å²) in [6.45, 7) is 0. The standard InChI is InChI=1S/C5H8N2.HI/c1-7-4-2-6-3-5-7;/h2-6H,1H3;1H/p-1. The molecule has 0 bridgehead atoms. The highest BCUT2D eigenvalue weighted by Gasteiger charge is 1.82. The van der Waals surface area contributed by atoms with Gasteiger partial charge in [-0.2, -0.15) is 0 Å².